The molecule has 0 spiro atoms. The van der Waals surface area contributed by atoms with Gasteiger partial charge in [-0.25, -0.2) is 9.59 Å². The third-order valence-corrected chi connectivity index (χ3v) is 2.69. The van der Waals surface area contributed by atoms with E-state index >= 15 is 0 Å². The standard InChI is InChI=1S/C10H20N4O4/c11-9(4-2-1-3-5-9)18-7(15)6-17-8(16)10(12,13)14/h1-6,11-14H2. The highest BCUT2D eigenvalue weighted by atomic mass is 16.6. The first-order valence-corrected chi connectivity index (χ1v) is 5.77. The number of rotatable bonds is 4. The molecule has 8 heteroatoms. The van der Waals surface area contributed by atoms with Crippen LogP contribution in [0, 0.1) is 0 Å². The van der Waals surface area contributed by atoms with Crippen molar-refractivity contribution in [2.24, 2.45) is 22.9 Å². The second-order valence-electron chi connectivity index (χ2n) is 4.61. The van der Waals surface area contributed by atoms with Gasteiger partial charge in [-0.1, -0.05) is 6.42 Å². The number of hydrogen-bond donors (Lipinski definition) is 4. The molecule has 0 atom stereocenters. The quantitative estimate of drug-likeness (QED) is 0.341. The lowest BCUT2D eigenvalue weighted by Crippen LogP contribution is -2.64. The van der Waals surface area contributed by atoms with Crippen LogP contribution in [-0.4, -0.2) is 30.1 Å². The Morgan fingerprint density at radius 3 is 2.17 bits per heavy atom. The smallest absolute Gasteiger partial charge is 0.357 e. The molecule has 0 saturated heterocycles. The fourth-order valence-corrected chi connectivity index (χ4v) is 1.76. The van der Waals surface area contributed by atoms with Crippen molar-refractivity contribution in [3.8, 4) is 0 Å². The molecule has 1 rings (SSSR count). The first kappa shape index (κ1) is 14.8. The molecule has 8 nitrogen and oxygen atoms in total. The van der Waals surface area contributed by atoms with Gasteiger partial charge in [0.25, 0.3) is 0 Å². The van der Waals surface area contributed by atoms with E-state index in [0.29, 0.717) is 12.8 Å². The van der Waals surface area contributed by atoms with Crippen LogP contribution in [0.5, 0.6) is 0 Å². The average Bonchev–Trinajstić information content (AvgIpc) is 2.24. The number of nitrogens with two attached hydrogens (primary N) is 4. The van der Waals surface area contributed by atoms with Crippen LogP contribution in [-0.2, 0) is 19.1 Å². The minimum Gasteiger partial charge on any atom is -0.450 e. The zero-order valence-corrected chi connectivity index (χ0v) is 10.2. The molecular formula is C10H20N4O4. The number of esters is 2. The summed E-state index contributed by atoms with van der Waals surface area (Å²) in [5.74, 6) is -3.95. The molecule has 1 aliphatic carbocycles. The average molecular weight is 260 g/mol. The summed E-state index contributed by atoms with van der Waals surface area (Å²) in [6, 6.07) is 0. The van der Waals surface area contributed by atoms with Crippen LogP contribution in [0.25, 0.3) is 0 Å². The van der Waals surface area contributed by atoms with Crippen molar-refractivity contribution in [2.75, 3.05) is 6.61 Å². The van der Waals surface area contributed by atoms with Crippen molar-refractivity contribution in [1.82, 2.24) is 0 Å². The molecule has 0 radical (unpaired) electrons. The molecule has 0 bridgehead atoms. The fraction of sp³-hybridized carbons (Fsp3) is 0.800. The zero-order valence-electron chi connectivity index (χ0n) is 10.2. The Morgan fingerprint density at radius 1 is 1.11 bits per heavy atom. The number of carbonyl (C=O) groups is 2. The molecule has 0 unspecified atom stereocenters. The molecule has 0 aromatic carbocycles. The number of hydrogen-bond acceptors (Lipinski definition) is 8. The first-order valence-electron chi connectivity index (χ1n) is 5.77. The summed E-state index contributed by atoms with van der Waals surface area (Å²) < 4.78 is 9.59. The highest BCUT2D eigenvalue weighted by molar-refractivity contribution is 5.81. The van der Waals surface area contributed by atoms with Gasteiger partial charge in [0.2, 0.25) is 5.79 Å². The van der Waals surface area contributed by atoms with Gasteiger partial charge in [0.05, 0.1) is 0 Å². The molecule has 104 valence electrons. The zero-order chi connectivity index (χ0) is 13.8. The van der Waals surface area contributed by atoms with Crippen LogP contribution in [0.15, 0.2) is 0 Å². The van der Waals surface area contributed by atoms with Gasteiger partial charge in [-0.15, -0.1) is 0 Å². The molecule has 18 heavy (non-hydrogen) atoms. The predicted octanol–water partition coefficient (Wildman–Crippen LogP) is -1.78. The van der Waals surface area contributed by atoms with Crippen molar-refractivity contribution in [3.63, 3.8) is 0 Å². The van der Waals surface area contributed by atoms with Crippen LogP contribution >= 0.6 is 0 Å². The molecule has 1 saturated carbocycles. The van der Waals surface area contributed by atoms with E-state index in [1.807, 2.05) is 0 Å². The summed E-state index contributed by atoms with van der Waals surface area (Å²) in [5, 5.41) is 0. The Kier molecular flexibility index (Phi) is 4.63. The van der Waals surface area contributed by atoms with E-state index in [0.717, 1.165) is 19.3 Å². The second-order valence-corrected chi connectivity index (χ2v) is 4.61. The Hall–Kier alpha value is -1.22. The van der Waals surface area contributed by atoms with E-state index in [4.69, 9.17) is 27.7 Å². The van der Waals surface area contributed by atoms with Gasteiger partial charge in [-0.2, -0.15) is 0 Å². The minimum atomic E-state index is -2.12. The summed E-state index contributed by atoms with van der Waals surface area (Å²) in [7, 11) is 0. The van der Waals surface area contributed by atoms with Crippen LogP contribution in [0.3, 0.4) is 0 Å². The van der Waals surface area contributed by atoms with Gasteiger partial charge in [0.15, 0.2) is 12.3 Å². The van der Waals surface area contributed by atoms with E-state index in [1.54, 1.807) is 0 Å². The summed E-state index contributed by atoms with van der Waals surface area (Å²) in [6.07, 6.45) is 4.08. The molecule has 0 aliphatic heterocycles. The van der Waals surface area contributed by atoms with Gasteiger partial charge in [0.1, 0.15) is 0 Å². The van der Waals surface area contributed by atoms with E-state index < -0.39 is 30.1 Å². The fourth-order valence-electron chi connectivity index (χ4n) is 1.76. The minimum absolute atomic E-state index is 0.599. The van der Waals surface area contributed by atoms with Crippen LogP contribution in [0.4, 0.5) is 0 Å². The van der Waals surface area contributed by atoms with Crippen molar-refractivity contribution in [3.05, 3.63) is 0 Å². The van der Waals surface area contributed by atoms with E-state index in [1.165, 1.54) is 0 Å². The summed E-state index contributed by atoms with van der Waals surface area (Å²) in [4.78, 5) is 22.6. The van der Waals surface area contributed by atoms with Crippen molar-refractivity contribution >= 4 is 11.9 Å². The van der Waals surface area contributed by atoms with Crippen molar-refractivity contribution in [2.45, 2.75) is 43.6 Å². The van der Waals surface area contributed by atoms with Gasteiger partial charge in [-0.05, 0) is 12.8 Å². The summed E-state index contributed by atoms with van der Waals surface area (Å²) >= 11 is 0. The highest BCUT2D eigenvalue weighted by Crippen LogP contribution is 2.26. The van der Waals surface area contributed by atoms with Crippen LogP contribution in [0.2, 0.25) is 0 Å². The Labute approximate surface area is 105 Å². The first-order chi connectivity index (χ1) is 8.23. The van der Waals surface area contributed by atoms with Crippen LogP contribution in [0.1, 0.15) is 32.1 Å². The molecule has 0 aromatic heterocycles. The predicted molar refractivity (Wildman–Crippen MR) is 62.3 cm³/mol. The lowest BCUT2D eigenvalue weighted by molar-refractivity contribution is -0.174. The molecule has 0 heterocycles. The summed E-state index contributed by atoms with van der Waals surface area (Å²) in [5.41, 5.74) is 20.2. The number of carbonyl (C=O) groups excluding carboxylic acids is 2. The number of ether oxygens (including phenoxy) is 2. The molecule has 0 aromatic rings. The van der Waals surface area contributed by atoms with Gasteiger partial charge in [-0.3, -0.25) is 22.9 Å². The third-order valence-electron chi connectivity index (χ3n) is 2.69. The Bertz CT molecular complexity index is 320. The molecule has 0 amide bonds. The monoisotopic (exact) mass is 260 g/mol. The van der Waals surface area contributed by atoms with Crippen molar-refractivity contribution in [1.29, 1.82) is 0 Å². The van der Waals surface area contributed by atoms with Gasteiger partial charge < -0.3 is 9.47 Å². The van der Waals surface area contributed by atoms with E-state index in [2.05, 4.69) is 4.74 Å². The van der Waals surface area contributed by atoms with Gasteiger partial charge >= 0.3 is 11.9 Å². The Balaban J connectivity index is 2.35. The molecule has 8 N–H and O–H groups in total. The second kappa shape index (κ2) is 5.61. The maximum atomic E-state index is 11.4. The molecule has 1 fully saturated rings. The van der Waals surface area contributed by atoms with Gasteiger partial charge in [0, 0.05) is 12.8 Å². The molecule has 1 aliphatic rings. The topological polar surface area (TPSA) is 157 Å². The lowest BCUT2D eigenvalue weighted by atomic mass is 9.92. The molecular weight excluding hydrogens is 240 g/mol. The lowest BCUT2D eigenvalue weighted by Gasteiger charge is -2.32. The van der Waals surface area contributed by atoms with Crippen molar-refractivity contribution < 1.29 is 19.1 Å². The van der Waals surface area contributed by atoms with Crippen LogP contribution < -0.4 is 22.9 Å². The Morgan fingerprint density at radius 2 is 1.67 bits per heavy atom. The maximum absolute atomic E-state index is 11.4. The SMILES string of the molecule is NC1(OC(=O)COC(=O)C(N)(N)N)CCCCC1. The largest absolute Gasteiger partial charge is 0.450 e. The normalized spacial score (nSPS) is 19.1. The maximum Gasteiger partial charge on any atom is 0.357 e. The summed E-state index contributed by atoms with van der Waals surface area (Å²) in [6.45, 7) is -0.606. The van der Waals surface area contributed by atoms with E-state index in [-0.39, 0.29) is 0 Å². The highest BCUT2D eigenvalue weighted by Gasteiger charge is 2.32. The van der Waals surface area contributed by atoms with E-state index in [9.17, 15) is 9.59 Å². The third kappa shape index (κ3) is 4.57.